The van der Waals surface area contributed by atoms with E-state index in [2.05, 4.69) is 5.32 Å². The van der Waals surface area contributed by atoms with Gasteiger partial charge < -0.3 is 20.1 Å². The van der Waals surface area contributed by atoms with Gasteiger partial charge >= 0.3 is 6.03 Å². The van der Waals surface area contributed by atoms with E-state index >= 15 is 0 Å². The fourth-order valence-corrected chi connectivity index (χ4v) is 1.82. The Labute approximate surface area is 111 Å². The van der Waals surface area contributed by atoms with E-state index < -0.39 is 0 Å². The molecule has 1 aromatic rings. The minimum Gasteiger partial charge on any atom is -0.487 e. The highest BCUT2D eigenvalue weighted by Crippen LogP contribution is 2.18. The molecule has 1 fully saturated rings. The standard InChI is InChI=1S/C13H16N2O4/c1-9(17)10-2-4-11(5-3-10)19-12-6-15(7-12)13(18)14-8-16/h2-5,12,16H,6-8H2,1H3,(H,14,18). The normalized spacial score (nSPS) is 14.7. The highest BCUT2D eigenvalue weighted by Gasteiger charge is 2.31. The molecule has 1 heterocycles. The Balaban J connectivity index is 1.81. The largest absolute Gasteiger partial charge is 0.487 e. The third-order valence-electron chi connectivity index (χ3n) is 2.93. The smallest absolute Gasteiger partial charge is 0.319 e. The predicted octanol–water partition coefficient (Wildman–Crippen LogP) is 0.612. The molecule has 1 saturated heterocycles. The molecule has 2 rings (SSSR count). The lowest BCUT2D eigenvalue weighted by Crippen LogP contribution is -2.58. The molecule has 1 aliphatic heterocycles. The van der Waals surface area contributed by atoms with Crippen molar-refractivity contribution in [3.05, 3.63) is 29.8 Å². The second-order valence-corrected chi connectivity index (χ2v) is 4.37. The molecule has 0 aliphatic carbocycles. The van der Waals surface area contributed by atoms with E-state index in [1.807, 2.05) is 0 Å². The number of benzene rings is 1. The van der Waals surface area contributed by atoms with Crippen molar-refractivity contribution >= 4 is 11.8 Å². The SMILES string of the molecule is CC(=O)c1ccc(OC2CN(C(=O)NCO)C2)cc1. The van der Waals surface area contributed by atoms with Crippen LogP contribution < -0.4 is 10.1 Å². The third kappa shape index (κ3) is 3.23. The van der Waals surface area contributed by atoms with Crippen LogP contribution in [0.15, 0.2) is 24.3 Å². The minimum absolute atomic E-state index is 0.0158. The second-order valence-electron chi connectivity index (χ2n) is 4.37. The summed E-state index contributed by atoms with van der Waals surface area (Å²) in [6.45, 7) is 2.12. The van der Waals surface area contributed by atoms with Gasteiger partial charge in [0.2, 0.25) is 0 Å². The van der Waals surface area contributed by atoms with Crippen LogP contribution in [0.3, 0.4) is 0 Å². The summed E-state index contributed by atoms with van der Waals surface area (Å²) in [5.41, 5.74) is 0.643. The molecule has 0 unspecified atom stereocenters. The van der Waals surface area contributed by atoms with Gasteiger partial charge in [-0.3, -0.25) is 4.79 Å². The number of likely N-dealkylation sites (tertiary alicyclic amines) is 1. The maximum absolute atomic E-state index is 11.3. The number of aliphatic hydroxyl groups is 1. The van der Waals surface area contributed by atoms with Gasteiger partial charge in [-0.25, -0.2) is 4.79 Å². The maximum Gasteiger partial charge on any atom is 0.319 e. The Kier molecular flexibility index (Phi) is 4.01. The number of ether oxygens (including phenoxy) is 1. The van der Waals surface area contributed by atoms with Gasteiger partial charge in [0, 0.05) is 5.56 Å². The van der Waals surface area contributed by atoms with Crippen molar-refractivity contribution < 1.29 is 19.4 Å². The van der Waals surface area contributed by atoms with Crippen molar-refractivity contribution in [2.75, 3.05) is 19.8 Å². The summed E-state index contributed by atoms with van der Waals surface area (Å²) in [6, 6.07) is 6.62. The van der Waals surface area contributed by atoms with E-state index in [0.29, 0.717) is 24.4 Å². The number of aliphatic hydroxyl groups excluding tert-OH is 1. The molecule has 0 saturated carbocycles. The van der Waals surface area contributed by atoms with Gasteiger partial charge in [-0.2, -0.15) is 0 Å². The van der Waals surface area contributed by atoms with Gasteiger partial charge in [-0.05, 0) is 31.2 Å². The van der Waals surface area contributed by atoms with Crippen molar-refractivity contribution in [2.45, 2.75) is 13.0 Å². The summed E-state index contributed by atoms with van der Waals surface area (Å²) in [5, 5.41) is 10.9. The van der Waals surface area contributed by atoms with Crippen LogP contribution in [0.4, 0.5) is 4.79 Å². The fraction of sp³-hybridized carbons (Fsp3) is 0.385. The molecular formula is C13H16N2O4. The molecule has 19 heavy (non-hydrogen) atoms. The van der Waals surface area contributed by atoms with Crippen LogP contribution in [0, 0.1) is 0 Å². The summed E-state index contributed by atoms with van der Waals surface area (Å²) >= 11 is 0. The van der Waals surface area contributed by atoms with Gasteiger partial charge in [0.25, 0.3) is 0 Å². The zero-order valence-electron chi connectivity index (χ0n) is 10.6. The molecule has 1 aromatic carbocycles. The van der Waals surface area contributed by atoms with Crippen LogP contribution in [-0.4, -0.2) is 47.7 Å². The molecule has 6 nitrogen and oxygen atoms in total. The van der Waals surface area contributed by atoms with Crippen LogP contribution in [0.1, 0.15) is 17.3 Å². The monoisotopic (exact) mass is 264 g/mol. The topological polar surface area (TPSA) is 78.9 Å². The first kappa shape index (κ1) is 13.4. The molecule has 2 N–H and O–H groups in total. The highest BCUT2D eigenvalue weighted by atomic mass is 16.5. The van der Waals surface area contributed by atoms with Crippen LogP contribution in [0.5, 0.6) is 5.75 Å². The Morgan fingerprint density at radius 3 is 2.53 bits per heavy atom. The number of carbonyl (C=O) groups is 2. The van der Waals surface area contributed by atoms with Crippen molar-refractivity contribution in [3.63, 3.8) is 0 Å². The average Bonchev–Trinajstić information content (AvgIpc) is 2.34. The van der Waals surface area contributed by atoms with Crippen LogP contribution >= 0.6 is 0 Å². The van der Waals surface area contributed by atoms with Gasteiger partial charge in [-0.15, -0.1) is 0 Å². The Morgan fingerprint density at radius 2 is 2.00 bits per heavy atom. The lowest BCUT2D eigenvalue weighted by molar-refractivity contribution is 0.0421. The van der Waals surface area contributed by atoms with Crippen LogP contribution in [0.25, 0.3) is 0 Å². The van der Waals surface area contributed by atoms with Crippen molar-refractivity contribution in [1.82, 2.24) is 10.2 Å². The first-order valence-electron chi connectivity index (χ1n) is 6.01. The van der Waals surface area contributed by atoms with E-state index in [0.717, 1.165) is 0 Å². The van der Waals surface area contributed by atoms with Gasteiger partial charge in [0.05, 0.1) is 13.1 Å². The fourth-order valence-electron chi connectivity index (χ4n) is 1.82. The third-order valence-corrected chi connectivity index (χ3v) is 2.93. The average molecular weight is 264 g/mol. The molecular weight excluding hydrogens is 248 g/mol. The quantitative estimate of drug-likeness (QED) is 0.617. The van der Waals surface area contributed by atoms with E-state index in [9.17, 15) is 9.59 Å². The first-order valence-corrected chi connectivity index (χ1v) is 6.01. The van der Waals surface area contributed by atoms with Crippen LogP contribution in [-0.2, 0) is 0 Å². The molecule has 1 aliphatic rings. The molecule has 0 radical (unpaired) electrons. The van der Waals surface area contributed by atoms with Crippen molar-refractivity contribution in [1.29, 1.82) is 0 Å². The Bertz CT molecular complexity index is 466. The molecule has 102 valence electrons. The van der Waals surface area contributed by atoms with E-state index in [-0.39, 0.29) is 24.6 Å². The molecule has 0 aromatic heterocycles. The van der Waals surface area contributed by atoms with Gasteiger partial charge in [0.15, 0.2) is 5.78 Å². The number of Topliss-reactive ketones (excluding diaryl/α,β-unsaturated/α-hetero) is 1. The zero-order chi connectivity index (χ0) is 13.8. The number of amides is 2. The van der Waals surface area contributed by atoms with Gasteiger partial charge in [-0.1, -0.05) is 0 Å². The van der Waals surface area contributed by atoms with E-state index in [1.165, 1.54) is 6.92 Å². The number of urea groups is 1. The minimum atomic E-state index is -0.368. The summed E-state index contributed by atoms with van der Waals surface area (Å²) in [5.74, 6) is 0.694. The summed E-state index contributed by atoms with van der Waals surface area (Å²) in [7, 11) is 0. The number of nitrogens with one attached hydrogen (secondary N) is 1. The highest BCUT2D eigenvalue weighted by molar-refractivity contribution is 5.94. The lowest BCUT2D eigenvalue weighted by Gasteiger charge is -2.38. The van der Waals surface area contributed by atoms with E-state index in [1.54, 1.807) is 29.2 Å². The summed E-state index contributed by atoms with van der Waals surface area (Å²) in [6.07, 6.45) is -0.0485. The molecule has 6 heteroatoms. The van der Waals surface area contributed by atoms with E-state index in [4.69, 9.17) is 9.84 Å². The number of rotatable bonds is 4. The van der Waals surface area contributed by atoms with Gasteiger partial charge in [0.1, 0.15) is 18.6 Å². The number of carbonyl (C=O) groups excluding carboxylic acids is 2. The van der Waals surface area contributed by atoms with Crippen molar-refractivity contribution in [3.8, 4) is 5.75 Å². The molecule has 0 atom stereocenters. The Morgan fingerprint density at radius 1 is 1.37 bits per heavy atom. The molecule has 0 bridgehead atoms. The first-order chi connectivity index (χ1) is 9.10. The number of ketones is 1. The number of nitrogens with zero attached hydrogens (tertiary/aromatic N) is 1. The number of hydrogen-bond acceptors (Lipinski definition) is 4. The van der Waals surface area contributed by atoms with Crippen LogP contribution in [0.2, 0.25) is 0 Å². The second kappa shape index (κ2) is 5.71. The number of hydrogen-bond donors (Lipinski definition) is 2. The molecule has 0 spiro atoms. The maximum atomic E-state index is 11.3. The zero-order valence-corrected chi connectivity index (χ0v) is 10.6. The summed E-state index contributed by atoms with van der Waals surface area (Å²) < 4.78 is 5.65. The predicted molar refractivity (Wildman–Crippen MR) is 68.1 cm³/mol. The van der Waals surface area contributed by atoms with Crippen molar-refractivity contribution in [2.24, 2.45) is 0 Å². The summed E-state index contributed by atoms with van der Waals surface area (Å²) in [4.78, 5) is 24.0. The Hall–Kier alpha value is -2.08. The lowest BCUT2D eigenvalue weighted by atomic mass is 10.1. The molecule has 2 amide bonds.